The molecule has 168 valence electrons. The average molecular weight is 441 g/mol. The number of piperazine rings is 1. The second kappa shape index (κ2) is 10.4. The number of amides is 1. The van der Waals surface area contributed by atoms with Crippen LogP contribution in [0.3, 0.4) is 0 Å². The van der Waals surface area contributed by atoms with E-state index in [9.17, 15) is 13.2 Å². The van der Waals surface area contributed by atoms with Gasteiger partial charge in [0.25, 0.3) is 10.2 Å². The van der Waals surface area contributed by atoms with Crippen molar-refractivity contribution in [1.82, 2.24) is 18.8 Å². The van der Waals surface area contributed by atoms with Gasteiger partial charge >= 0.3 is 6.09 Å². The van der Waals surface area contributed by atoms with E-state index in [4.69, 9.17) is 9.47 Å². The topological polar surface area (TPSA) is 91.4 Å². The van der Waals surface area contributed by atoms with Crippen LogP contribution >= 0.6 is 0 Å². The zero-order chi connectivity index (χ0) is 21.6. The van der Waals surface area contributed by atoms with Gasteiger partial charge in [-0.3, -0.25) is 4.90 Å². The van der Waals surface area contributed by atoms with Gasteiger partial charge in [-0.1, -0.05) is 12.1 Å². The number of nitrogens with zero attached hydrogens (tertiary/aromatic N) is 3. The van der Waals surface area contributed by atoms with Gasteiger partial charge in [-0.15, -0.1) is 0 Å². The molecule has 2 fully saturated rings. The van der Waals surface area contributed by atoms with E-state index >= 15 is 0 Å². The zero-order valence-electron chi connectivity index (χ0n) is 17.7. The largest absolute Gasteiger partial charge is 0.497 e. The van der Waals surface area contributed by atoms with Crippen LogP contribution in [0.25, 0.3) is 0 Å². The molecule has 1 unspecified atom stereocenters. The van der Waals surface area contributed by atoms with E-state index in [0.717, 1.165) is 37.2 Å². The smallest absolute Gasteiger partial charge is 0.409 e. The molecule has 1 aromatic rings. The molecule has 2 saturated heterocycles. The third-order valence-corrected chi connectivity index (χ3v) is 7.22. The number of carbonyl (C=O) groups is 1. The van der Waals surface area contributed by atoms with Crippen LogP contribution in [0, 0.1) is 0 Å². The molecule has 0 bridgehead atoms. The van der Waals surface area contributed by atoms with E-state index in [2.05, 4.69) is 9.62 Å². The molecule has 2 aliphatic rings. The van der Waals surface area contributed by atoms with E-state index < -0.39 is 16.3 Å². The van der Waals surface area contributed by atoms with Crippen LogP contribution in [-0.2, 0) is 14.9 Å². The van der Waals surface area contributed by atoms with Crippen LogP contribution in [-0.4, -0.2) is 88.1 Å². The summed E-state index contributed by atoms with van der Waals surface area (Å²) in [6.45, 7) is 5.43. The van der Waals surface area contributed by atoms with Crippen LogP contribution in [0.5, 0.6) is 5.75 Å². The summed E-state index contributed by atoms with van der Waals surface area (Å²) in [4.78, 5) is 15.7. The fraction of sp³-hybridized carbons (Fsp3) is 0.650. The van der Waals surface area contributed by atoms with Crippen LogP contribution < -0.4 is 9.46 Å². The summed E-state index contributed by atoms with van der Waals surface area (Å²) in [5, 5.41) is 0. The minimum absolute atomic E-state index is 0.0333. The van der Waals surface area contributed by atoms with Gasteiger partial charge in [-0.05, 0) is 50.6 Å². The van der Waals surface area contributed by atoms with Crippen molar-refractivity contribution in [2.24, 2.45) is 0 Å². The fourth-order valence-electron chi connectivity index (χ4n) is 3.94. The normalized spacial score (nSPS) is 19.6. The van der Waals surface area contributed by atoms with Gasteiger partial charge in [-0.25, -0.2) is 9.52 Å². The third kappa shape index (κ3) is 5.63. The molecule has 1 N–H and O–H groups in total. The Morgan fingerprint density at radius 3 is 2.27 bits per heavy atom. The Hall–Kier alpha value is -1.88. The van der Waals surface area contributed by atoms with Crippen molar-refractivity contribution in [3.63, 3.8) is 0 Å². The first-order chi connectivity index (χ1) is 14.4. The highest BCUT2D eigenvalue weighted by molar-refractivity contribution is 7.87. The van der Waals surface area contributed by atoms with Crippen molar-refractivity contribution in [2.45, 2.75) is 25.8 Å². The molecule has 2 aliphatic heterocycles. The molecule has 0 spiro atoms. The molecule has 0 saturated carbocycles. The second-order valence-corrected chi connectivity index (χ2v) is 9.23. The highest BCUT2D eigenvalue weighted by Crippen LogP contribution is 2.26. The molecule has 1 amide bonds. The molecule has 3 rings (SSSR count). The molecule has 2 heterocycles. The number of methoxy groups -OCH3 is 1. The summed E-state index contributed by atoms with van der Waals surface area (Å²) < 4.78 is 40.2. The van der Waals surface area contributed by atoms with E-state index in [1.807, 2.05) is 24.3 Å². The van der Waals surface area contributed by atoms with Gasteiger partial charge in [0, 0.05) is 38.8 Å². The lowest BCUT2D eigenvalue weighted by atomic mass is 10.1. The van der Waals surface area contributed by atoms with Crippen molar-refractivity contribution in [3.05, 3.63) is 29.8 Å². The molecule has 0 aromatic heterocycles. The lowest BCUT2D eigenvalue weighted by Gasteiger charge is -2.34. The number of hydrogen-bond acceptors (Lipinski definition) is 6. The van der Waals surface area contributed by atoms with Crippen molar-refractivity contribution < 1.29 is 22.7 Å². The molecule has 9 nitrogen and oxygen atoms in total. The van der Waals surface area contributed by atoms with Crippen molar-refractivity contribution in [2.75, 3.05) is 59.5 Å². The lowest BCUT2D eigenvalue weighted by Crippen LogP contribution is -2.54. The van der Waals surface area contributed by atoms with Crippen molar-refractivity contribution >= 4 is 16.3 Å². The van der Waals surface area contributed by atoms with Crippen LogP contribution in [0.2, 0.25) is 0 Å². The first-order valence-corrected chi connectivity index (χ1v) is 11.9. The molecule has 1 aromatic carbocycles. The number of hydrogen-bond donors (Lipinski definition) is 1. The van der Waals surface area contributed by atoms with Crippen LogP contribution in [0.4, 0.5) is 4.79 Å². The number of nitrogens with one attached hydrogen (secondary N) is 1. The minimum Gasteiger partial charge on any atom is -0.497 e. The van der Waals surface area contributed by atoms with Gasteiger partial charge < -0.3 is 14.4 Å². The summed E-state index contributed by atoms with van der Waals surface area (Å²) in [5.74, 6) is 0.777. The number of ether oxygens (including phenoxy) is 2. The predicted molar refractivity (Wildman–Crippen MR) is 114 cm³/mol. The number of likely N-dealkylation sites (tertiary alicyclic amines) is 1. The Labute approximate surface area is 179 Å². The Bertz CT molecular complexity index is 788. The molecular formula is C20H32N4O5S. The summed E-state index contributed by atoms with van der Waals surface area (Å²) in [6.07, 6.45) is 1.85. The Morgan fingerprint density at radius 1 is 1.07 bits per heavy atom. The maximum atomic E-state index is 12.9. The summed E-state index contributed by atoms with van der Waals surface area (Å²) in [7, 11) is -2.01. The standard InChI is InChI=1S/C20H32N4O5S/c1-3-29-20(25)23-12-14-24(15-13-23)30(26,27)21-16-19(22-10-4-5-11-22)17-6-8-18(28-2)9-7-17/h6-9,19,21H,3-5,10-16H2,1-2H3. The first kappa shape index (κ1) is 22.8. The molecule has 0 aliphatic carbocycles. The SMILES string of the molecule is CCOC(=O)N1CCN(S(=O)(=O)NCC(c2ccc(OC)cc2)N2CCCC2)CC1. The quantitative estimate of drug-likeness (QED) is 0.658. The van der Waals surface area contributed by atoms with E-state index in [1.54, 1.807) is 18.9 Å². The van der Waals surface area contributed by atoms with Crippen LogP contribution in [0.15, 0.2) is 24.3 Å². The van der Waals surface area contributed by atoms with E-state index in [-0.39, 0.29) is 19.1 Å². The molecule has 30 heavy (non-hydrogen) atoms. The van der Waals surface area contributed by atoms with E-state index in [0.29, 0.717) is 26.2 Å². The van der Waals surface area contributed by atoms with Gasteiger partial charge in [-0.2, -0.15) is 12.7 Å². The summed E-state index contributed by atoms with van der Waals surface area (Å²) in [6, 6.07) is 7.76. The highest BCUT2D eigenvalue weighted by Gasteiger charge is 2.31. The monoisotopic (exact) mass is 440 g/mol. The first-order valence-electron chi connectivity index (χ1n) is 10.5. The van der Waals surface area contributed by atoms with Gasteiger partial charge in [0.2, 0.25) is 0 Å². The van der Waals surface area contributed by atoms with Crippen molar-refractivity contribution in [1.29, 1.82) is 0 Å². The molecule has 1 atom stereocenters. The van der Waals surface area contributed by atoms with Gasteiger partial charge in [0.1, 0.15) is 5.75 Å². The fourth-order valence-corrected chi connectivity index (χ4v) is 5.13. The van der Waals surface area contributed by atoms with E-state index in [1.165, 1.54) is 4.31 Å². The Kier molecular flexibility index (Phi) is 7.93. The molecule has 10 heteroatoms. The Morgan fingerprint density at radius 2 is 1.70 bits per heavy atom. The summed E-state index contributed by atoms with van der Waals surface area (Å²) in [5.41, 5.74) is 1.06. The molecule has 0 radical (unpaired) electrons. The lowest BCUT2D eigenvalue weighted by molar-refractivity contribution is 0.0931. The number of benzene rings is 1. The van der Waals surface area contributed by atoms with Gasteiger partial charge in [0.15, 0.2) is 0 Å². The highest BCUT2D eigenvalue weighted by atomic mass is 32.2. The molecular weight excluding hydrogens is 408 g/mol. The predicted octanol–water partition coefficient (Wildman–Crippen LogP) is 1.44. The second-order valence-electron chi connectivity index (χ2n) is 7.47. The minimum atomic E-state index is -3.64. The third-order valence-electron chi connectivity index (χ3n) is 5.65. The Balaban J connectivity index is 1.62. The van der Waals surface area contributed by atoms with Crippen molar-refractivity contribution in [3.8, 4) is 5.75 Å². The van der Waals surface area contributed by atoms with Gasteiger partial charge in [0.05, 0.1) is 13.7 Å². The maximum absolute atomic E-state index is 12.9. The maximum Gasteiger partial charge on any atom is 0.409 e. The summed E-state index contributed by atoms with van der Waals surface area (Å²) >= 11 is 0. The number of carbonyl (C=O) groups excluding carboxylic acids is 1. The average Bonchev–Trinajstić information content (AvgIpc) is 3.29. The number of rotatable bonds is 8. The van der Waals surface area contributed by atoms with Crippen LogP contribution in [0.1, 0.15) is 31.4 Å². The zero-order valence-corrected chi connectivity index (χ0v) is 18.6.